The van der Waals surface area contributed by atoms with Gasteiger partial charge in [0.15, 0.2) is 11.2 Å². The zero-order valence-electron chi connectivity index (χ0n) is 20.5. The molecule has 4 heterocycles. The number of ether oxygens (including phenoxy) is 1. The molecule has 1 saturated carbocycles. The van der Waals surface area contributed by atoms with Crippen LogP contribution in [0, 0.1) is 0 Å². The summed E-state index contributed by atoms with van der Waals surface area (Å²) in [6.45, 7) is 4.19. The van der Waals surface area contributed by atoms with Crippen LogP contribution >= 0.6 is 0 Å². The quantitative estimate of drug-likeness (QED) is 0.463. The van der Waals surface area contributed by atoms with Crippen LogP contribution in [0.25, 0.3) is 16.7 Å². The van der Waals surface area contributed by atoms with Crippen molar-refractivity contribution in [2.75, 3.05) is 49.6 Å². The number of anilines is 2. The Morgan fingerprint density at radius 1 is 1.03 bits per heavy atom. The van der Waals surface area contributed by atoms with Crippen LogP contribution in [-0.2, 0) is 10.9 Å². The van der Waals surface area contributed by atoms with Gasteiger partial charge < -0.3 is 20.1 Å². The second-order valence-electron chi connectivity index (χ2n) is 10.2. The molecule has 3 fully saturated rings. The first-order chi connectivity index (χ1) is 18.4. The Bertz CT molecular complexity index is 1360. The summed E-state index contributed by atoms with van der Waals surface area (Å²) < 4.78 is 86.1. The van der Waals surface area contributed by atoms with E-state index in [1.165, 1.54) is 23.0 Å². The molecule has 0 amide bonds. The Balaban J connectivity index is 1.32. The third-order valence-corrected chi connectivity index (χ3v) is 7.58. The molecule has 0 unspecified atom stereocenters. The van der Waals surface area contributed by atoms with Crippen LogP contribution in [0.5, 0.6) is 0 Å². The van der Waals surface area contributed by atoms with Crippen molar-refractivity contribution < 1.29 is 36.2 Å². The lowest BCUT2D eigenvalue weighted by molar-refractivity contribution is -0.288. The minimum atomic E-state index is -4.75. The topological polar surface area (TPSA) is 91.6 Å². The van der Waals surface area contributed by atoms with E-state index in [1.54, 1.807) is 0 Å². The van der Waals surface area contributed by atoms with E-state index in [1.807, 2.05) is 4.90 Å². The molecular weight excluding hydrogens is 532 g/mol. The van der Waals surface area contributed by atoms with E-state index in [-0.39, 0.29) is 23.3 Å². The highest BCUT2D eigenvalue weighted by Gasteiger charge is 2.61. The van der Waals surface area contributed by atoms with Crippen LogP contribution < -0.4 is 10.2 Å². The number of hydrogen-bond donors (Lipinski definition) is 2. The zero-order chi connectivity index (χ0) is 27.6. The van der Waals surface area contributed by atoms with Gasteiger partial charge >= 0.3 is 12.4 Å². The molecule has 0 atom stereocenters. The van der Waals surface area contributed by atoms with Gasteiger partial charge in [0.25, 0.3) is 0 Å². The maximum Gasteiger partial charge on any atom is 0.417 e. The SMILES string of the molecule is O[C@]1(C(F)(F)F)C[C@@H](Nc2nc(N3CC(N4CCOCC4)C3)c3cnn(-c4cccc(C(F)(F)F)c4)c3n2)C1. The van der Waals surface area contributed by atoms with Gasteiger partial charge in [-0.2, -0.15) is 41.4 Å². The smallest absolute Gasteiger partial charge is 0.380 e. The molecule has 3 aliphatic rings. The average Bonchev–Trinajstić information content (AvgIpc) is 3.26. The molecule has 6 rings (SSSR count). The molecule has 3 aromatic rings. The van der Waals surface area contributed by atoms with Crippen LogP contribution in [0.2, 0.25) is 0 Å². The van der Waals surface area contributed by atoms with Crippen molar-refractivity contribution in [3.8, 4) is 5.69 Å². The van der Waals surface area contributed by atoms with Crippen LogP contribution in [0.4, 0.5) is 38.1 Å². The summed E-state index contributed by atoms with van der Waals surface area (Å²) in [5.41, 5.74) is -3.30. The Kier molecular flexibility index (Phi) is 6.15. The van der Waals surface area contributed by atoms with Crippen LogP contribution in [0.15, 0.2) is 30.5 Å². The van der Waals surface area contributed by atoms with Crippen molar-refractivity contribution in [1.29, 1.82) is 0 Å². The highest BCUT2D eigenvalue weighted by Crippen LogP contribution is 2.46. The van der Waals surface area contributed by atoms with Crippen LogP contribution in [-0.4, -0.2) is 93.0 Å². The average molecular weight is 557 g/mol. The first-order valence-electron chi connectivity index (χ1n) is 12.5. The Hall–Kier alpha value is -3.17. The van der Waals surface area contributed by atoms with Gasteiger partial charge in [-0.05, 0) is 18.2 Å². The standard InChI is InChI=1S/C24H25F6N7O2/c25-23(26,27)14-2-1-3-16(8-14)37-20-18(11-31-37)19(36-12-17(13-36)35-4-6-39-7-5-35)33-21(34-20)32-15-9-22(38,10-15)24(28,29)30/h1-3,8,11,15,17,38H,4-7,9-10,12-13H2,(H,32,33,34)/t15-,22-. The Labute approximate surface area is 218 Å². The third kappa shape index (κ3) is 4.76. The van der Waals surface area contributed by atoms with E-state index < -0.39 is 42.4 Å². The highest BCUT2D eigenvalue weighted by molar-refractivity contribution is 5.89. The molecule has 15 heteroatoms. The third-order valence-electron chi connectivity index (χ3n) is 7.58. The summed E-state index contributed by atoms with van der Waals surface area (Å²) in [7, 11) is 0. The number of hydrogen-bond acceptors (Lipinski definition) is 8. The Morgan fingerprint density at radius 2 is 1.74 bits per heavy atom. The summed E-state index contributed by atoms with van der Waals surface area (Å²) in [4.78, 5) is 13.3. The van der Waals surface area contributed by atoms with Crippen molar-refractivity contribution in [2.24, 2.45) is 0 Å². The minimum absolute atomic E-state index is 0.00951. The van der Waals surface area contributed by atoms with E-state index in [4.69, 9.17) is 4.74 Å². The maximum atomic E-state index is 13.4. The largest absolute Gasteiger partial charge is 0.417 e. The Morgan fingerprint density at radius 3 is 2.41 bits per heavy atom. The van der Waals surface area contributed by atoms with Crippen molar-refractivity contribution in [1.82, 2.24) is 24.6 Å². The van der Waals surface area contributed by atoms with E-state index in [9.17, 15) is 31.4 Å². The van der Waals surface area contributed by atoms with E-state index in [0.29, 0.717) is 37.5 Å². The fourth-order valence-electron chi connectivity index (χ4n) is 5.28. The summed E-state index contributed by atoms with van der Waals surface area (Å²) >= 11 is 0. The fourth-order valence-corrected chi connectivity index (χ4v) is 5.28. The van der Waals surface area contributed by atoms with Gasteiger partial charge in [-0.3, -0.25) is 4.90 Å². The number of nitrogens with zero attached hydrogens (tertiary/aromatic N) is 6. The number of halogens is 6. The van der Waals surface area contributed by atoms with Gasteiger partial charge in [-0.1, -0.05) is 6.07 Å². The van der Waals surface area contributed by atoms with Crippen LogP contribution in [0.3, 0.4) is 0 Å². The summed E-state index contributed by atoms with van der Waals surface area (Å²) in [6.07, 6.45) is -8.97. The molecule has 39 heavy (non-hydrogen) atoms. The van der Waals surface area contributed by atoms with Gasteiger partial charge in [-0.15, -0.1) is 0 Å². The van der Waals surface area contributed by atoms with Crippen LogP contribution in [0.1, 0.15) is 18.4 Å². The molecule has 0 spiro atoms. The molecule has 2 saturated heterocycles. The van der Waals surface area contributed by atoms with Gasteiger partial charge in [0.1, 0.15) is 5.82 Å². The number of alkyl halides is 6. The van der Waals surface area contributed by atoms with Crippen molar-refractivity contribution in [3.05, 3.63) is 36.0 Å². The second-order valence-corrected chi connectivity index (χ2v) is 10.2. The molecule has 0 bridgehead atoms. The molecule has 1 aliphatic carbocycles. The summed E-state index contributed by atoms with van der Waals surface area (Å²) in [5, 5.41) is 17.5. The van der Waals surface area contributed by atoms with Crippen molar-refractivity contribution in [2.45, 2.75) is 42.9 Å². The molecule has 0 radical (unpaired) electrons. The molecule has 210 valence electrons. The number of morpholine rings is 1. The van der Waals surface area contributed by atoms with Gasteiger partial charge in [-0.25, -0.2) is 4.68 Å². The molecule has 2 aromatic heterocycles. The lowest BCUT2D eigenvalue weighted by atomic mass is 9.75. The van der Waals surface area contributed by atoms with Crippen molar-refractivity contribution in [3.63, 3.8) is 0 Å². The lowest BCUT2D eigenvalue weighted by Gasteiger charge is -2.47. The number of aliphatic hydroxyl groups is 1. The number of fused-ring (bicyclic) bond motifs is 1. The lowest BCUT2D eigenvalue weighted by Crippen LogP contribution is -2.62. The van der Waals surface area contributed by atoms with Gasteiger partial charge in [0.2, 0.25) is 5.95 Å². The number of nitrogens with one attached hydrogen (secondary N) is 1. The second kappa shape index (κ2) is 9.20. The molecule has 1 aromatic carbocycles. The summed E-state index contributed by atoms with van der Waals surface area (Å²) in [6, 6.07) is 4.17. The predicted octanol–water partition coefficient (Wildman–Crippen LogP) is 3.22. The summed E-state index contributed by atoms with van der Waals surface area (Å²) in [5.74, 6) is 0.492. The molecular formula is C24H25F6N7O2. The minimum Gasteiger partial charge on any atom is -0.380 e. The fraction of sp³-hybridized carbons (Fsp3) is 0.542. The number of benzene rings is 1. The van der Waals surface area contributed by atoms with Gasteiger partial charge in [0.05, 0.1) is 36.0 Å². The van der Waals surface area contributed by atoms with E-state index in [2.05, 4.69) is 25.3 Å². The predicted molar refractivity (Wildman–Crippen MR) is 128 cm³/mol. The van der Waals surface area contributed by atoms with Gasteiger partial charge in [0, 0.05) is 51.1 Å². The molecule has 2 aliphatic heterocycles. The zero-order valence-corrected chi connectivity index (χ0v) is 20.5. The monoisotopic (exact) mass is 557 g/mol. The van der Waals surface area contributed by atoms with E-state index in [0.717, 1.165) is 25.2 Å². The molecule has 2 N–H and O–H groups in total. The first kappa shape index (κ1) is 26.1. The number of rotatable bonds is 5. The van der Waals surface area contributed by atoms with E-state index >= 15 is 0 Å². The number of aromatic nitrogens is 4. The van der Waals surface area contributed by atoms with Crippen molar-refractivity contribution >= 4 is 22.8 Å². The highest BCUT2D eigenvalue weighted by atomic mass is 19.4. The first-order valence-corrected chi connectivity index (χ1v) is 12.5. The normalized spacial score (nSPS) is 25.0. The molecule has 9 nitrogen and oxygen atoms in total. The maximum absolute atomic E-state index is 13.4.